The lowest BCUT2D eigenvalue weighted by Gasteiger charge is -2.28. The van der Waals surface area contributed by atoms with Crippen LogP contribution in [0.4, 0.5) is 0 Å². The summed E-state index contributed by atoms with van der Waals surface area (Å²) in [6.45, 7) is 2.09. The maximum Gasteiger partial charge on any atom is 0.0819 e. The second-order valence-electron chi connectivity index (χ2n) is 6.53. The van der Waals surface area contributed by atoms with E-state index in [2.05, 4.69) is 29.6 Å². The van der Waals surface area contributed by atoms with Gasteiger partial charge in [0, 0.05) is 0 Å². The minimum Gasteiger partial charge on any atom is -0.388 e. The number of aliphatic hydroxyl groups excluding tert-OH is 1. The van der Waals surface area contributed by atoms with Gasteiger partial charge in [-0.15, -0.1) is 0 Å². The van der Waals surface area contributed by atoms with E-state index in [9.17, 15) is 5.11 Å². The fourth-order valence-electron chi connectivity index (χ4n) is 3.83. The van der Waals surface area contributed by atoms with Gasteiger partial charge in [-0.1, -0.05) is 43.5 Å². The summed E-state index contributed by atoms with van der Waals surface area (Å²) < 4.78 is 0. The topological polar surface area (TPSA) is 32.3 Å². The van der Waals surface area contributed by atoms with Gasteiger partial charge in [0.1, 0.15) is 0 Å². The molecule has 2 heteroatoms. The lowest BCUT2D eigenvalue weighted by molar-refractivity contribution is 0.0889. The first-order valence-electron chi connectivity index (χ1n) is 8.33. The molecule has 0 spiro atoms. The van der Waals surface area contributed by atoms with Crippen LogP contribution in [0.15, 0.2) is 24.3 Å². The molecule has 1 unspecified atom stereocenters. The first-order chi connectivity index (χ1) is 9.84. The Labute approximate surface area is 122 Å². The molecule has 1 saturated heterocycles. The van der Waals surface area contributed by atoms with Crippen LogP contribution < -0.4 is 5.32 Å². The van der Waals surface area contributed by atoms with Gasteiger partial charge in [0.25, 0.3) is 0 Å². The van der Waals surface area contributed by atoms with Gasteiger partial charge in [-0.05, 0) is 61.7 Å². The van der Waals surface area contributed by atoms with Crippen molar-refractivity contribution in [1.82, 2.24) is 5.32 Å². The maximum absolute atomic E-state index is 10.5. The Morgan fingerprint density at radius 3 is 2.20 bits per heavy atom. The van der Waals surface area contributed by atoms with Crippen LogP contribution in [0.5, 0.6) is 0 Å². The Morgan fingerprint density at radius 1 is 0.900 bits per heavy atom. The van der Waals surface area contributed by atoms with Crippen LogP contribution in [-0.2, 0) is 0 Å². The highest BCUT2D eigenvalue weighted by molar-refractivity contribution is 5.27. The number of hydrogen-bond donors (Lipinski definition) is 2. The summed E-state index contributed by atoms with van der Waals surface area (Å²) in [4.78, 5) is 0. The average Bonchev–Trinajstić information content (AvgIpc) is 2.56. The lowest BCUT2D eigenvalue weighted by Crippen LogP contribution is -2.30. The van der Waals surface area contributed by atoms with Crippen molar-refractivity contribution >= 4 is 0 Å². The second-order valence-corrected chi connectivity index (χ2v) is 6.53. The zero-order chi connectivity index (χ0) is 13.8. The van der Waals surface area contributed by atoms with Crippen LogP contribution in [0, 0.1) is 5.92 Å². The zero-order valence-electron chi connectivity index (χ0n) is 12.4. The third-order valence-corrected chi connectivity index (χ3v) is 5.18. The summed E-state index contributed by atoms with van der Waals surface area (Å²) in [7, 11) is 0. The van der Waals surface area contributed by atoms with Crippen LogP contribution in [-0.4, -0.2) is 18.2 Å². The highest BCUT2D eigenvalue weighted by Crippen LogP contribution is 2.34. The summed E-state index contributed by atoms with van der Waals surface area (Å²) in [6.07, 6.45) is 8.75. The van der Waals surface area contributed by atoms with E-state index in [0.29, 0.717) is 5.92 Å². The Bertz CT molecular complexity index is 402. The van der Waals surface area contributed by atoms with Gasteiger partial charge >= 0.3 is 0 Å². The number of hydrogen-bond acceptors (Lipinski definition) is 2. The summed E-state index contributed by atoms with van der Waals surface area (Å²) in [5.41, 5.74) is 2.59. The fraction of sp³-hybridized carbons (Fsp3) is 0.667. The highest BCUT2D eigenvalue weighted by atomic mass is 16.3. The lowest BCUT2D eigenvalue weighted by atomic mass is 9.83. The van der Waals surface area contributed by atoms with E-state index in [1.807, 2.05) is 0 Å². The van der Waals surface area contributed by atoms with Crippen LogP contribution >= 0.6 is 0 Å². The molecule has 110 valence electrons. The SMILES string of the molecule is OC(c1ccc(C2CCCCC2)cc1)C1CCNCC1. The molecule has 0 radical (unpaired) electrons. The van der Waals surface area contributed by atoms with E-state index in [4.69, 9.17) is 0 Å². The van der Waals surface area contributed by atoms with Crippen molar-refractivity contribution < 1.29 is 5.11 Å². The van der Waals surface area contributed by atoms with Crippen molar-refractivity contribution in [2.24, 2.45) is 5.92 Å². The van der Waals surface area contributed by atoms with Gasteiger partial charge < -0.3 is 10.4 Å². The second kappa shape index (κ2) is 6.73. The summed E-state index contributed by atoms with van der Waals surface area (Å²) in [5, 5.41) is 13.9. The number of rotatable bonds is 3. The Kier molecular flexibility index (Phi) is 4.74. The standard InChI is InChI=1S/C18H27NO/c20-18(17-10-12-19-13-11-17)16-8-6-15(7-9-16)14-4-2-1-3-5-14/h6-9,14,17-20H,1-5,10-13H2. The Balaban J connectivity index is 1.65. The molecule has 2 nitrogen and oxygen atoms in total. The van der Waals surface area contributed by atoms with Crippen molar-refractivity contribution in [3.8, 4) is 0 Å². The van der Waals surface area contributed by atoms with Crippen LogP contribution in [0.2, 0.25) is 0 Å². The summed E-state index contributed by atoms with van der Waals surface area (Å²) in [5.74, 6) is 1.19. The molecule has 2 fully saturated rings. The number of aliphatic hydroxyl groups is 1. The minimum atomic E-state index is -0.280. The van der Waals surface area contributed by atoms with Crippen LogP contribution in [0.3, 0.4) is 0 Å². The number of piperidine rings is 1. The molecular weight excluding hydrogens is 246 g/mol. The van der Waals surface area contributed by atoms with Crippen molar-refractivity contribution in [2.45, 2.75) is 57.0 Å². The fourth-order valence-corrected chi connectivity index (χ4v) is 3.83. The zero-order valence-corrected chi connectivity index (χ0v) is 12.4. The molecule has 0 aromatic heterocycles. The van der Waals surface area contributed by atoms with E-state index in [0.717, 1.165) is 37.4 Å². The molecule has 1 atom stereocenters. The molecule has 0 bridgehead atoms. The molecule has 1 heterocycles. The van der Waals surface area contributed by atoms with E-state index >= 15 is 0 Å². The Morgan fingerprint density at radius 2 is 1.55 bits per heavy atom. The molecular formula is C18H27NO. The van der Waals surface area contributed by atoms with E-state index in [-0.39, 0.29) is 6.10 Å². The molecule has 0 amide bonds. The van der Waals surface area contributed by atoms with Gasteiger partial charge in [-0.2, -0.15) is 0 Å². The third-order valence-electron chi connectivity index (χ3n) is 5.18. The molecule has 2 aliphatic rings. The minimum absolute atomic E-state index is 0.280. The first kappa shape index (κ1) is 14.1. The van der Waals surface area contributed by atoms with E-state index < -0.39 is 0 Å². The van der Waals surface area contributed by atoms with Crippen LogP contribution in [0.25, 0.3) is 0 Å². The molecule has 2 N–H and O–H groups in total. The smallest absolute Gasteiger partial charge is 0.0819 e. The van der Waals surface area contributed by atoms with Crippen molar-refractivity contribution in [1.29, 1.82) is 0 Å². The average molecular weight is 273 g/mol. The molecule has 20 heavy (non-hydrogen) atoms. The molecule has 1 aromatic carbocycles. The monoisotopic (exact) mass is 273 g/mol. The van der Waals surface area contributed by atoms with Gasteiger partial charge in [0.05, 0.1) is 6.10 Å². The van der Waals surface area contributed by atoms with Crippen molar-refractivity contribution in [2.75, 3.05) is 13.1 Å². The van der Waals surface area contributed by atoms with Gasteiger partial charge in [0.2, 0.25) is 0 Å². The van der Waals surface area contributed by atoms with Gasteiger partial charge in [0.15, 0.2) is 0 Å². The maximum atomic E-state index is 10.5. The number of nitrogens with one attached hydrogen (secondary N) is 1. The quantitative estimate of drug-likeness (QED) is 0.878. The predicted molar refractivity (Wildman–Crippen MR) is 82.8 cm³/mol. The van der Waals surface area contributed by atoms with Gasteiger partial charge in [-0.25, -0.2) is 0 Å². The molecule has 1 aliphatic heterocycles. The van der Waals surface area contributed by atoms with Crippen LogP contribution in [0.1, 0.15) is 68.1 Å². The predicted octanol–water partition coefficient (Wildman–Crippen LogP) is 3.77. The van der Waals surface area contributed by atoms with E-state index in [1.165, 1.54) is 37.7 Å². The first-order valence-corrected chi connectivity index (χ1v) is 8.33. The Hall–Kier alpha value is -0.860. The largest absolute Gasteiger partial charge is 0.388 e. The van der Waals surface area contributed by atoms with Crippen molar-refractivity contribution in [3.63, 3.8) is 0 Å². The number of benzene rings is 1. The summed E-state index contributed by atoms with van der Waals surface area (Å²) in [6, 6.07) is 8.85. The van der Waals surface area contributed by atoms with E-state index in [1.54, 1.807) is 0 Å². The molecule has 1 saturated carbocycles. The van der Waals surface area contributed by atoms with Gasteiger partial charge in [-0.3, -0.25) is 0 Å². The van der Waals surface area contributed by atoms with Crippen molar-refractivity contribution in [3.05, 3.63) is 35.4 Å². The summed E-state index contributed by atoms with van der Waals surface area (Å²) >= 11 is 0. The highest BCUT2D eigenvalue weighted by Gasteiger charge is 2.23. The molecule has 1 aliphatic carbocycles. The normalized spacial score (nSPS) is 23.6. The molecule has 3 rings (SSSR count). The molecule has 1 aromatic rings. The third kappa shape index (κ3) is 3.24.